The molecule has 0 bridgehead atoms. The molecule has 0 unspecified atom stereocenters. The molecule has 0 aromatic carbocycles. The second kappa shape index (κ2) is 10.8. The molecular weight excluding hydrogens is 320 g/mol. The van der Waals surface area contributed by atoms with E-state index in [1.54, 1.807) is 7.11 Å². The molecule has 6 nitrogen and oxygen atoms in total. The van der Waals surface area contributed by atoms with Crippen molar-refractivity contribution in [2.24, 2.45) is 11.8 Å². The highest BCUT2D eigenvalue weighted by molar-refractivity contribution is 5.85. The molecule has 0 spiro atoms. The molecule has 1 amide bonds. The van der Waals surface area contributed by atoms with Gasteiger partial charge in [0.05, 0.1) is 6.61 Å². The van der Waals surface area contributed by atoms with Crippen molar-refractivity contribution in [3.63, 3.8) is 0 Å². The SMILES string of the molecule is CCC(CC)C[C@H](NC(C)=O)[C@@H]1N[C@@H](C(=O)O)C[C@H]1COC.Cl. The maximum absolute atomic E-state index is 11.6. The molecule has 1 rings (SSSR count). The molecular formula is C16H31ClN2O4. The van der Waals surface area contributed by atoms with Crippen LogP contribution in [0.1, 0.15) is 46.5 Å². The van der Waals surface area contributed by atoms with Gasteiger partial charge in [0.15, 0.2) is 0 Å². The Morgan fingerprint density at radius 3 is 2.39 bits per heavy atom. The highest BCUT2D eigenvalue weighted by atomic mass is 35.5. The van der Waals surface area contributed by atoms with Gasteiger partial charge in [-0.15, -0.1) is 12.4 Å². The standard InChI is InChI=1S/C16H30N2O4.ClH/c1-5-11(6-2)7-13(17-10(3)19)15-12(9-22-4)8-14(18-15)16(20)21;/h11-15,18H,5-9H2,1-4H3,(H,17,19)(H,20,21);1H/t12-,13-,14+,15+;/m0./s1. The summed E-state index contributed by atoms with van der Waals surface area (Å²) in [6.45, 7) is 6.30. The van der Waals surface area contributed by atoms with Crippen LogP contribution in [-0.4, -0.2) is 48.8 Å². The number of carbonyl (C=O) groups excluding carboxylic acids is 1. The first-order chi connectivity index (χ1) is 10.4. The highest BCUT2D eigenvalue weighted by Crippen LogP contribution is 2.27. The van der Waals surface area contributed by atoms with Crippen LogP contribution < -0.4 is 10.6 Å². The van der Waals surface area contributed by atoms with Gasteiger partial charge in [-0.1, -0.05) is 26.7 Å². The third kappa shape index (κ3) is 6.65. The lowest BCUT2D eigenvalue weighted by atomic mass is 9.86. The van der Waals surface area contributed by atoms with E-state index in [0.29, 0.717) is 18.9 Å². The molecule has 0 aliphatic carbocycles. The van der Waals surface area contributed by atoms with Crippen LogP contribution in [0.3, 0.4) is 0 Å². The third-order valence-electron chi connectivity index (χ3n) is 4.68. The first-order valence-corrected chi connectivity index (χ1v) is 8.17. The number of hydrogen-bond donors (Lipinski definition) is 3. The maximum Gasteiger partial charge on any atom is 0.320 e. The quantitative estimate of drug-likeness (QED) is 0.590. The van der Waals surface area contributed by atoms with E-state index < -0.39 is 12.0 Å². The van der Waals surface area contributed by atoms with Gasteiger partial charge in [-0.25, -0.2) is 0 Å². The monoisotopic (exact) mass is 350 g/mol. The second-order valence-electron chi connectivity index (χ2n) is 6.26. The van der Waals surface area contributed by atoms with Crippen LogP contribution in [0, 0.1) is 11.8 Å². The normalized spacial score (nSPS) is 25.0. The van der Waals surface area contributed by atoms with Crippen molar-refractivity contribution in [2.75, 3.05) is 13.7 Å². The smallest absolute Gasteiger partial charge is 0.320 e. The molecule has 136 valence electrons. The van der Waals surface area contributed by atoms with E-state index in [1.807, 2.05) is 0 Å². The van der Waals surface area contributed by atoms with Gasteiger partial charge in [-0.05, 0) is 18.8 Å². The number of rotatable bonds is 9. The van der Waals surface area contributed by atoms with Crippen molar-refractivity contribution < 1.29 is 19.4 Å². The number of ether oxygens (including phenoxy) is 1. The van der Waals surface area contributed by atoms with Gasteiger partial charge in [0.2, 0.25) is 5.91 Å². The molecule has 0 saturated carbocycles. The largest absolute Gasteiger partial charge is 0.480 e. The van der Waals surface area contributed by atoms with Crippen LogP contribution >= 0.6 is 12.4 Å². The first kappa shape index (κ1) is 22.1. The third-order valence-corrected chi connectivity index (χ3v) is 4.68. The van der Waals surface area contributed by atoms with E-state index in [1.165, 1.54) is 6.92 Å². The molecule has 3 N–H and O–H groups in total. The van der Waals surface area contributed by atoms with Gasteiger partial charge in [-0.2, -0.15) is 0 Å². The van der Waals surface area contributed by atoms with Gasteiger partial charge >= 0.3 is 5.97 Å². The van der Waals surface area contributed by atoms with E-state index in [4.69, 9.17) is 4.74 Å². The van der Waals surface area contributed by atoms with Crippen LogP contribution in [0.25, 0.3) is 0 Å². The summed E-state index contributed by atoms with van der Waals surface area (Å²) in [5.41, 5.74) is 0. The summed E-state index contributed by atoms with van der Waals surface area (Å²) in [7, 11) is 1.62. The molecule has 1 heterocycles. The van der Waals surface area contributed by atoms with Crippen molar-refractivity contribution in [3.8, 4) is 0 Å². The minimum absolute atomic E-state index is 0. The number of carboxylic acids is 1. The molecule has 1 saturated heterocycles. The lowest BCUT2D eigenvalue weighted by Crippen LogP contribution is -2.52. The Hall–Kier alpha value is -0.850. The Morgan fingerprint density at radius 2 is 1.96 bits per heavy atom. The molecule has 1 fully saturated rings. The predicted octanol–water partition coefficient (Wildman–Crippen LogP) is 1.82. The van der Waals surface area contributed by atoms with Crippen molar-refractivity contribution >= 4 is 24.3 Å². The Labute approximate surface area is 145 Å². The summed E-state index contributed by atoms with van der Waals surface area (Å²) in [4.78, 5) is 22.8. The van der Waals surface area contributed by atoms with Crippen LogP contribution in [0.2, 0.25) is 0 Å². The second-order valence-corrected chi connectivity index (χ2v) is 6.26. The number of carboxylic acid groups (broad SMARTS) is 1. The van der Waals surface area contributed by atoms with Crippen LogP contribution in [-0.2, 0) is 14.3 Å². The summed E-state index contributed by atoms with van der Waals surface area (Å²) in [5.74, 6) is -0.302. The Bertz CT molecular complexity index is 377. The summed E-state index contributed by atoms with van der Waals surface area (Å²) < 4.78 is 5.25. The number of carbonyl (C=O) groups is 2. The number of methoxy groups -OCH3 is 1. The van der Waals surface area contributed by atoms with Crippen LogP contribution in [0.15, 0.2) is 0 Å². The summed E-state index contributed by atoms with van der Waals surface area (Å²) in [5, 5.41) is 15.5. The molecule has 0 aromatic heterocycles. The van der Waals surface area contributed by atoms with Crippen LogP contribution in [0.5, 0.6) is 0 Å². The van der Waals surface area contributed by atoms with Crippen molar-refractivity contribution in [1.29, 1.82) is 0 Å². The average molecular weight is 351 g/mol. The van der Waals surface area contributed by atoms with Gasteiger partial charge in [0.25, 0.3) is 0 Å². The molecule has 1 aliphatic rings. The molecule has 1 aliphatic heterocycles. The van der Waals surface area contributed by atoms with Gasteiger partial charge in [-0.3, -0.25) is 14.9 Å². The Morgan fingerprint density at radius 1 is 1.35 bits per heavy atom. The van der Waals surface area contributed by atoms with Crippen molar-refractivity contribution in [2.45, 2.75) is 64.6 Å². The van der Waals surface area contributed by atoms with Gasteiger partial charge < -0.3 is 15.2 Å². The lowest BCUT2D eigenvalue weighted by molar-refractivity contribution is -0.139. The topological polar surface area (TPSA) is 87.7 Å². The summed E-state index contributed by atoms with van der Waals surface area (Å²) >= 11 is 0. The minimum atomic E-state index is -0.840. The van der Waals surface area contributed by atoms with E-state index >= 15 is 0 Å². The molecule has 23 heavy (non-hydrogen) atoms. The fraction of sp³-hybridized carbons (Fsp3) is 0.875. The Kier molecular flexibility index (Phi) is 10.4. The average Bonchev–Trinajstić information content (AvgIpc) is 2.87. The van der Waals surface area contributed by atoms with Gasteiger partial charge in [0.1, 0.15) is 6.04 Å². The number of hydrogen-bond acceptors (Lipinski definition) is 4. The maximum atomic E-state index is 11.6. The molecule has 0 aromatic rings. The van der Waals surface area contributed by atoms with Gasteiger partial charge in [0, 0.05) is 32.0 Å². The fourth-order valence-corrected chi connectivity index (χ4v) is 3.43. The fourth-order valence-electron chi connectivity index (χ4n) is 3.43. The number of aliphatic carboxylic acids is 1. The minimum Gasteiger partial charge on any atom is -0.480 e. The summed E-state index contributed by atoms with van der Waals surface area (Å²) in [6, 6.07) is -0.694. The number of halogens is 1. The number of amides is 1. The van der Waals surface area contributed by atoms with Crippen molar-refractivity contribution in [3.05, 3.63) is 0 Å². The summed E-state index contributed by atoms with van der Waals surface area (Å²) in [6.07, 6.45) is 3.50. The zero-order valence-corrected chi connectivity index (χ0v) is 15.3. The molecule has 0 radical (unpaired) electrons. The highest BCUT2D eigenvalue weighted by Gasteiger charge is 2.41. The molecule has 4 atom stereocenters. The zero-order valence-electron chi connectivity index (χ0n) is 14.5. The van der Waals surface area contributed by atoms with Crippen LogP contribution in [0.4, 0.5) is 0 Å². The Balaban J connectivity index is 0.00000484. The van der Waals surface area contributed by atoms with E-state index in [9.17, 15) is 14.7 Å². The van der Waals surface area contributed by atoms with E-state index in [-0.39, 0.29) is 36.3 Å². The zero-order chi connectivity index (χ0) is 16.7. The van der Waals surface area contributed by atoms with Crippen molar-refractivity contribution in [1.82, 2.24) is 10.6 Å². The first-order valence-electron chi connectivity index (χ1n) is 8.17. The molecule has 7 heteroatoms. The lowest BCUT2D eigenvalue weighted by Gasteiger charge is -2.31. The number of nitrogens with one attached hydrogen (secondary N) is 2. The van der Waals surface area contributed by atoms with E-state index in [2.05, 4.69) is 24.5 Å². The predicted molar refractivity (Wildman–Crippen MR) is 91.9 cm³/mol. The van der Waals surface area contributed by atoms with E-state index in [0.717, 1.165) is 19.3 Å².